The molecule has 0 radical (unpaired) electrons. The highest BCUT2D eigenvalue weighted by atomic mass is 31.2. The second kappa shape index (κ2) is 53.7. The Kier molecular flexibility index (Phi) is 49.4. The van der Waals surface area contributed by atoms with Crippen molar-refractivity contribution in [3.05, 3.63) is 0 Å². The molecule has 0 bridgehead atoms. The molecular formula is C71H133O24P. The van der Waals surface area contributed by atoms with E-state index >= 15 is 0 Å². The Hall–Kier alpha value is -2.04. The zero-order valence-electron chi connectivity index (χ0n) is 58.9. The van der Waals surface area contributed by atoms with Gasteiger partial charge in [0.25, 0.3) is 0 Å². The van der Waals surface area contributed by atoms with E-state index in [-0.39, 0.29) is 19.3 Å². The number of ether oxygens (including phenoxy) is 7. The zero-order chi connectivity index (χ0) is 70.4. The molecule has 0 aromatic carbocycles. The van der Waals surface area contributed by atoms with Crippen LogP contribution in [0.3, 0.4) is 0 Å². The van der Waals surface area contributed by atoms with E-state index in [0.29, 0.717) is 19.3 Å². The highest BCUT2D eigenvalue weighted by Crippen LogP contribution is 2.49. The molecule has 1 saturated carbocycles. The number of carbonyl (C=O) groups excluding carboxylic acids is 3. The predicted molar refractivity (Wildman–Crippen MR) is 361 cm³/mol. The Morgan fingerprint density at radius 2 is 0.667 bits per heavy atom. The highest BCUT2D eigenvalue weighted by Gasteiger charge is 2.58. The molecule has 0 aromatic heterocycles. The van der Waals surface area contributed by atoms with Gasteiger partial charge in [0.15, 0.2) is 18.7 Å². The number of phosphoric ester groups is 1. The largest absolute Gasteiger partial charge is 0.472 e. The molecule has 25 heteroatoms. The van der Waals surface area contributed by atoms with E-state index in [2.05, 4.69) is 20.8 Å². The fourth-order valence-corrected chi connectivity index (χ4v) is 13.7. The molecule has 11 N–H and O–H groups in total. The number of aliphatic hydroxyl groups is 10. The molecule has 3 aliphatic rings. The van der Waals surface area contributed by atoms with Crippen LogP contribution >= 0.6 is 7.82 Å². The lowest BCUT2D eigenvalue weighted by Gasteiger charge is -2.49. The van der Waals surface area contributed by atoms with Crippen LogP contribution in [0.2, 0.25) is 0 Å². The van der Waals surface area contributed by atoms with E-state index < -0.39 is 156 Å². The third-order valence-electron chi connectivity index (χ3n) is 18.9. The maximum absolute atomic E-state index is 14.3. The van der Waals surface area contributed by atoms with Crippen LogP contribution in [-0.4, -0.2) is 204 Å². The van der Waals surface area contributed by atoms with Gasteiger partial charge >= 0.3 is 25.7 Å². The van der Waals surface area contributed by atoms with Crippen molar-refractivity contribution in [2.24, 2.45) is 0 Å². The van der Waals surface area contributed by atoms with Gasteiger partial charge in [-0.15, -0.1) is 0 Å². The van der Waals surface area contributed by atoms with Crippen molar-refractivity contribution >= 4 is 25.7 Å². The van der Waals surface area contributed by atoms with Crippen LogP contribution in [0.5, 0.6) is 0 Å². The van der Waals surface area contributed by atoms with Crippen molar-refractivity contribution in [3.8, 4) is 0 Å². The molecule has 3 rings (SSSR count). The van der Waals surface area contributed by atoms with Crippen molar-refractivity contribution < 1.29 is 117 Å². The smallest absolute Gasteiger partial charge is 0.463 e. The number of unbranched alkanes of at least 4 members (excludes halogenated alkanes) is 38. The second-order valence-electron chi connectivity index (χ2n) is 27.4. The molecule has 96 heavy (non-hydrogen) atoms. The van der Waals surface area contributed by atoms with Crippen molar-refractivity contribution in [1.29, 1.82) is 0 Å². The van der Waals surface area contributed by atoms with Crippen molar-refractivity contribution in [3.63, 3.8) is 0 Å². The Labute approximate surface area is 574 Å². The minimum Gasteiger partial charge on any atom is -0.463 e. The summed E-state index contributed by atoms with van der Waals surface area (Å²) in [7, 11) is -5.69. The van der Waals surface area contributed by atoms with Gasteiger partial charge in [-0.3, -0.25) is 23.4 Å². The van der Waals surface area contributed by atoms with Crippen LogP contribution < -0.4 is 0 Å². The van der Waals surface area contributed by atoms with Crippen molar-refractivity contribution in [1.82, 2.24) is 0 Å². The normalized spacial score (nSPS) is 27.9. The van der Waals surface area contributed by atoms with Gasteiger partial charge in [-0.05, 0) is 19.3 Å². The van der Waals surface area contributed by atoms with Gasteiger partial charge in [0.05, 0.1) is 13.2 Å². The summed E-state index contributed by atoms with van der Waals surface area (Å²) < 4.78 is 65.0. The summed E-state index contributed by atoms with van der Waals surface area (Å²) in [5.74, 6) is -1.97. The molecule has 2 aliphatic heterocycles. The summed E-state index contributed by atoms with van der Waals surface area (Å²) in [6.07, 6.45) is 10.3. The minimum absolute atomic E-state index is 0.0331. The minimum atomic E-state index is -5.69. The fraction of sp³-hybridized carbons (Fsp3) is 0.958. The number of carbonyl (C=O) groups is 3. The van der Waals surface area contributed by atoms with Crippen molar-refractivity contribution in [2.75, 3.05) is 26.4 Å². The first-order chi connectivity index (χ1) is 46.3. The predicted octanol–water partition coefficient (Wildman–Crippen LogP) is 10.2. The van der Waals surface area contributed by atoms with Gasteiger partial charge in [0, 0.05) is 19.3 Å². The summed E-state index contributed by atoms with van der Waals surface area (Å²) in [5, 5.41) is 110. The summed E-state index contributed by atoms with van der Waals surface area (Å²) in [6.45, 7) is 3.46. The third-order valence-corrected chi connectivity index (χ3v) is 19.9. The van der Waals surface area contributed by atoms with E-state index in [0.717, 1.165) is 96.3 Å². The van der Waals surface area contributed by atoms with Crippen LogP contribution in [0.4, 0.5) is 0 Å². The Bertz CT molecular complexity index is 1990. The fourth-order valence-electron chi connectivity index (χ4n) is 12.7. The quantitative estimate of drug-likeness (QED) is 0.0117. The lowest BCUT2D eigenvalue weighted by molar-refractivity contribution is -0.360. The van der Waals surface area contributed by atoms with Gasteiger partial charge in [-0.1, -0.05) is 265 Å². The summed E-state index contributed by atoms with van der Waals surface area (Å²) in [5.41, 5.74) is 0. The average Bonchev–Trinajstić information content (AvgIpc) is 0.765. The first kappa shape index (κ1) is 88.2. The van der Waals surface area contributed by atoms with Gasteiger partial charge in [-0.25, -0.2) is 4.57 Å². The third kappa shape index (κ3) is 36.7. The monoisotopic (exact) mass is 1400 g/mol. The van der Waals surface area contributed by atoms with Crippen LogP contribution in [0.15, 0.2) is 0 Å². The SMILES string of the molecule is CCCCCCCCCCCCCCCCCC(=O)OC(COC(=O)CCCCCCCCCCCCCC)COP(=O)(O)OC1C(OC2OC(CO)C(O)C(O)C2O)C(O)C(O)C(O)C1OC1OC(COC(=O)CCCCCCCCCCCCCCCC)C(O)C(O)C1O. The number of phosphoric acid groups is 1. The maximum Gasteiger partial charge on any atom is 0.472 e. The van der Waals surface area contributed by atoms with E-state index in [1.807, 2.05) is 0 Å². The van der Waals surface area contributed by atoms with Gasteiger partial charge in [0.2, 0.25) is 0 Å². The Balaban J connectivity index is 1.73. The molecular weight excluding hydrogens is 1270 g/mol. The molecule has 2 saturated heterocycles. The molecule has 18 unspecified atom stereocenters. The van der Waals surface area contributed by atoms with E-state index in [1.165, 1.54) is 148 Å². The van der Waals surface area contributed by atoms with Gasteiger partial charge in [0.1, 0.15) is 98.7 Å². The highest BCUT2D eigenvalue weighted by molar-refractivity contribution is 7.47. The number of aliphatic hydroxyl groups excluding tert-OH is 10. The van der Waals surface area contributed by atoms with Crippen LogP contribution in [0, 0.1) is 0 Å². The lowest BCUT2D eigenvalue weighted by atomic mass is 9.84. The van der Waals surface area contributed by atoms with Gasteiger partial charge in [-0.2, -0.15) is 0 Å². The number of rotatable bonds is 59. The number of hydrogen-bond acceptors (Lipinski definition) is 23. The maximum atomic E-state index is 14.3. The molecule has 566 valence electrons. The average molecular weight is 1400 g/mol. The van der Waals surface area contributed by atoms with E-state index in [4.69, 9.17) is 42.2 Å². The summed E-state index contributed by atoms with van der Waals surface area (Å²) in [6, 6.07) is 0. The standard InChI is InChI=1S/C71H133O24P/c1-4-7-10-13-16-19-22-25-27-29-32-35-38-41-44-47-57(75)90-52(49-87-55(73)45-42-39-36-33-30-24-21-18-15-12-9-6-3)50-89-96(85,86)95-69-67(93-70-65(83)60(78)58(76)53(48-72)91-70)63(81)62(80)64(82)68(69)94-71-66(84)61(79)59(77)54(92-71)51-88-56(74)46-43-40-37-34-31-28-26-23-20-17-14-11-8-5-2/h52-54,58-72,76-84H,4-51H2,1-3H3,(H,85,86). The molecule has 3 fully saturated rings. The molecule has 1 aliphatic carbocycles. The second-order valence-corrected chi connectivity index (χ2v) is 28.8. The van der Waals surface area contributed by atoms with Crippen LogP contribution in [0.1, 0.15) is 303 Å². The summed E-state index contributed by atoms with van der Waals surface area (Å²) >= 11 is 0. The van der Waals surface area contributed by atoms with Crippen molar-refractivity contribution in [2.45, 2.75) is 407 Å². The molecule has 2 heterocycles. The van der Waals surface area contributed by atoms with Crippen LogP contribution in [0.25, 0.3) is 0 Å². The first-order valence-electron chi connectivity index (χ1n) is 37.8. The Morgan fingerprint density at radius 3 is 1.02 bits per heavy atom. The topological polar surface area (TPSA) is 374 Å². The number of esters is 3. The lowest BCUT2D eigenvalue weighted by Crippen LogP contribution is -2.69. The van der Waals surface area contributed by atoms with E-state index in [9.17, 15) is 74.9 Å². The molecule has 18 atom stereocenters. The zero-order valence-corrected chi connectivity index (χ0v) is 59.8. The van der Waals surface area contributed by atoms with E-state index in [1.54, 1.807) is 0 Å². The molecule has 0 aromatic rings. The van der Waals surface area contributed by atoms with Crippen LogP contribution in [-0.2, 0) is 61.2 Å². The molecule has 0 amide bonds. The Morgan fingerprint density at radius 1 is 0.365 bits per heavy atom. The molecule has 24 nitrogen and oxygen atoms in total. The molecule has 0 spiro atoms. The number of hydrogen-bond donors (Lipinski definition) is 11. The summed E-state index contributed by atoms with van der Waals surface area (Å²) in [4.78, 5) is 50.9. The first-order valence-corrected chi connectivity index (χ1v) is 39.3. The van der Waals surface area contributed by atoms with Gasteiger partial charge < -0.3 is 89.1 Å².